The Kier molecular flexibility index (Phi) is 7.56. The summed E-state index contributed by atoms with van der Waals surface area (Å²) in [5.41, 5.74) is 7.27. The lowest BCUT2D eigenvalue weighted by Gasteiger charge is -2.29. The molecule has 14 nitrogen and oxygen atoms in total. The van der Waals surface area contributed by atoms with Crippen LogP contribution >= 0.6 is 0 Å². The van der Waals surface area contributed by atoms with Crippen LogP contribution in [0.15, 0.2) is 61.2 Å². The van der Waals surface area contributed by atoms with Crippen LogP contribution in [0.25, 0.3) is 16.7 Å². The van der Waals surface area contributed by atoms with Crippen molar-refractivity contribution in [1.29, 1.82) is 0 Å². The molecule has 264 valence electrons. The zero-order chi connectivity index (χ0) is 35.7. The Balaban J connectivity index is 0.877. The van der Waals surface area contributed by atoms with Crippen molar-refractivity contribution in [2.24, 2.45) is 0 Å². The number of rotatable bonds is 7. The molecule has 0 spiro atoms. The van der Waals surface area contributed by atoms with Crippen molar-refractivity contribution in [2.45, 2.75) is 70.2 Å². The highest BCUT2D eigenvalue weighted by Gasteiger charge is 2.39. The Morgan fingerprint density at radius 3 is 2.37 bits per heavy atom. The molecule has 14 heteroatoms. The number of nitrogens with one attached hydrogen (secondary N) is 2. The van der Waals surface area contributed by atoms with Crippen LogP contribution in [-0.4, -0.2) is 77.7 Å². The molecule has 4 aromatic heterocycles. The van der Waals surface area contributed by atoms with Gasteiger partial charge in [-0.2, -0.15) is 4.98 Å². The smallest absolute Gasteiger partial charge is 0.270 e. The summed E-state index contributed by atoms with van der Waals surface area (Å²) in [5.74, 6) is 0.138. The van der Waals surface area contributed by atoms with Gasteiger partial charge in [0.15, 0.2) is 0 Å². The maximum Gasteiger partial charge on any atom is 0.270 e. The summed E-state index contributed by atoms with van der Waals surface area (Å²) in [4.78, 5) is 69.8. The zero-order valence-corrected chi connectivity index (χ0v) is 29.0. The summed E-state index contributed by atoms with van der Waals surface area (Å²) in [5, 5.41) is 6.45. The minimum atomic E-state index is -0.625. The first-order chi connectivity index (χ1) is 25.2. The fourth-order valence-electron chi connectivity index (χ4n) is 8.10. The van der Waals surface area contributed by atoms with Crippen LogP contribution in [0.2, 0.25) is 0 Å². The molecule has 1 aromatic carbocycles. The van der Waals surface area contributed by atoms with Gasteiger partial charge in [0, 0.05) is 81.4 Å². The highest BCUT2D eigenvalue weighted by molar-refractivity contribution is 6.05. The number of anilines is 3. The lowest BCUT2D eigenvalue weighted by atomic mass is 10.0. The maximum absolute atomic E-state index is 13.1. The predicted molar refractivity (Wildman–Crippen MR) is 192 cm³/mol. The van der Waals surface area contributed by atoms with Crippen molar-refractivity contribution < 1.29 is 19.2 Å². The molecule has 5 aromatic rings. The monoisotopic (exact) mass is 698 g/mol. The molecule has 9 rings (SSSR count). The van der Waals surface area contributed by atoms with Gasteiger partial charge in [0.2, 0.25) is 17.8 Å². The summed E-state index contributed by atoms with van der Waals surface area (Å²) in [7, 11) is 3.54. The third-order valence-corrected chi connectivity index (χ3v) is 10.8. The SMILES string of the molecule is CN(C)C(=O)c1cc2cnc(Nc3ccc(-n4cc5c(c4)CN(c4ccc6c(c4)CN([C@H]4CCC(=O)NC4=O)C6=O)C5)cn3)nc2n1C1CCCC1. The van der Waals surface area contributed by atoms with Crippen LogP contribution in [0.3, 0.4) is 0 Å². The van der Waals surface area contributed by atoms with Gasteiger partial charge >= 0.3 is 0 Å². The first-order valence-electron chi connectivity index (χ1n) is 17.8. The highest BCUT2D eigenvalue weighted by Crippen LogP contribution is 2.36. The van der Waals surface area contributed by atoms with E-state index in [0.717, 1.165) is 66.7 Å². The predicted octanol–water partition coefficient (Wildman–Crippen LogP) is 4.46. The van der Waals surface area contributed by atoms with Crippen molar-refractivity contribution in [2.75, 3.05) is 24.3 Å². The number of pyridine rings is 1. The minimum Gasteiger partial charge on any atom is -0.363 e. The van der Waals surface area contributed by atoms with E-state index >= 15 is 0 Å². The average molecular weight is 699 g/mol. The number of carbonyl (C=O) groups is 4. The molecule has 0 unspecified atom stereocenters. The lowest BCUT2D eigenvalue weighted by molar-refractivity contribution is -0.136. The molecule has 4 amide bonds. The van der Waals surface area contributed by atoms with Crippen LogP contribution < -0.4 is 15.5 Å². The van der Waals surface area contributed by atoms with Crippen LogP contribution in [0.4, 0.5) is 17.5 Å². The topological polar surface area (TPSA) is 151 Å². The maximum atomic E-state index is 13.1. The van der Waals surface area contributed by atoms with E-state index in [1.807, 2.05) is 42.6 Å². The molecule has 4 aliphatic rings. The second-order valence-electron chi connectivity index (χ2n) is 14.4. The van der Waals surface area contributed by atoms with Gasteiger partial charge in [-0.15, -0.1) is 0 Å². The van der Waals surface area contributed by atoms with Crippen molar-refractivity contribution in [3.05, 3.63) is 89.1 Å². The van der Waals surface area contributed by atoms with Crippen LogP contribution in [-0.2, 0) is 29.2 Å². The van der Waals surface area contributed by atoms with E-state index in [1.165, 1.54) is 11.1 Å². The molecule has 2 fully saturated rings. The number of hydrogen-bond donors (Lipinski definition) is 2. The van der Waals surface area contributed by atoms with E-state index in [2.05, 4.69) is 47.0 Å². The Hall–Kier alpha value is -6.05. The zero-order valence-electron chi connectivity index (χ0n) is 29.0. The van der Waals surface area contributed by atoms with E-state index in [4.69, 9.17) is 4.98 Å². The van der Waals surface area contributed by atoms with E-state index in [-0.39, 0.29) is 30.2 Å². The summed E-state index contributed by atoms with van der Waals surface area (Å²) < 4.78 is 4.18. The molecule has 1 atom stereocenters. The first-order valence-corrected chi connectivity index (χ1v) is 17.8. The van der Waals surface area contributed by atoms with Gasteiger partial charge in [-0.1, -0.05) is 12.8 Å². The Labute approximate surface area is 299 Å². The van der Waals surface area contributed by atoms with Gasteiger partial charge in [0.05, 0.1) is 11.9 Å². The van der Waals surface area contributed by atoms with Crippen molar-refractivity contribution in [3.63, 3.8) is 0 Å². The largest absolute Gasteiger partial charge is 0.363 e. The van der Waals surface area contributed by atoms with Gasteiger partial charge in [-0.05, 0) is 72.4 Å². The molecule has 7 heterocycles. The third kappa shape index (κ3) is 5.45. The fourth-order valence-corrected chi connectivity index (χ4v) is 8.10. The Morgan fingerprint density at radius 2 is 1.65 bits per heavy atom. The minimum absolute atomic E-state index is 0.0404. The number of benzene rings is 1. The van der Waals surface area contributed by atoms with Crippen molar-refractivity contribution in [1.82, 2.24) is 39.2 Å². The quantitative estimate of drug-likeness (QED) is 0.235. The molecular weight excluding hydrogens is 660 g/mol. The Bertz CT molecular complexity index is 2260. The molecular formula is C38H38N10O4. The van der Waals surface area contributed by atoms with Gasteiger partial charge in [0.25, 0.3) is 11.8 Å². The summed E-state index contributed by atoms with van der Waals surface area (Å²) in [6, 6.07) is 11.3. The Morgan fingerprint density at radius 1 is 0.885 bits per heavy atom. The number of nitrogens with zero attached hydrogens (tertiary/aromatic N) is 8. The van der Waals surface area contributed by atoms with Crippen molar-refractivity contribution >= 4 is 52.1 Å². The molecule has 1 saturated heterocycles. The second-order valence-corrected chi connectivity index (χ2v) is 14.4. The molecule has 3 aliphatic heterocycles. The summed E-state index contributed by atoms with van der Waals surface area (Å²) in [6.07, 6.45) is 12.7. The normalized spacial score (nSPS) is 18.7. The number of imide groups is 1. The lowest BCUT2D eigenvalue weighted by Crippen LogP contribution is -2.52. The van der Waals surface area contributed by atoms with E-state index < -0.39 is 11.9 Å². The number of hydrogen-bond acceptors (Lipinski definition) is 9. The molecule has 52 heavy (non-hydrogen) atoms. The molecule has 0 bridgehead atoms. The van der Waals surface area contributed by atoms with Gasteiger partial charge in [-0.3, -0.25) is 24.5 Å². The van der Waals surface area contributed by atoms with E-state index in [1.54, 1.807) is 30.1 Å². The number of carbonyl (C=O) groups excluding carboxylic acids is 4. The van der Waals surface area contributed by atoms with E-state index in [9.17, 15) is 19.2 Å². The average Bonchev–Trinajstić information content (AvgIpc) is 3.97. The number of amides is 4. The number of fused-ring (bicyclic) bond motifs is 3. The molecule has 1 aliphatic carbocycles. The molecule has 1 saturated carbocycles. The second kappa shape index (κ2) is 12.3. The van der Waals surface area contributed by atoms with Crippen LogP contribution in [0.5, 0.6) is 0 Å². The van der Waals surface area contributed by atoms with Gasteiger partial charge < -0.3 is 29.2 Å². The van der Waals surface area contributed by atoms with Crippen molar-refractivity contribution in [3.8, 4) is 5.69 Å². The van der Waals surface area contributed by atoms with Gasteiger partial charge in [0.1, 0.15) is 23.2 Å². The molecule has 0 radical (unpaired) electrons. The summed E-state index contributed by atoms with van der Waals surface area (Å²) in [6.45, 7) is 1.80. The molecule has 2 N–H and O–H groups in total. The summed E-state index contributed by atoms with van der Waals surface area (Å²) >= 11 is 0. The third-order valence-electron chi connectivity index (χ3n) is 10.8. The van der Waals surface area contributed by atoms with E-state index in [0.29, 0.717) is 36.0 Å². The van der Waals surface area contributed by atoms with Gasteiger partial charge in [-0.25, -0.2) is 9.97 Å². The fraction of sp³-hybridized carbons (Fsp3) is 0.342. The highest BCUT2D eigenvalue weighted by atomic mass is 16.2. The number of aromatic nitrogens is 5. The number of piperidine rings is 1. The van der Waals surface area contributed by atoms with Crippen LogP contribution in [0, 0.1) is 0 Å². The standard InChI is InChI=1S/C38H38N10O4/c1-44(2)37(52)31-14-22-15-40-38(43-34(22)48(31)26-5-3-4-6-26)41-32-11-8-28(16-39-32)46-19-24-17-45(18-25(24)20-46)27-7-9-29-23(13-27)21-47(36(29)51)30-10-12-33(49)42-35(30)50/h7-9,11,13-16,19-20,26,30H,3-6,10,12,17-18,21H2,1-2H3,(H,42,49,50)(H,39,40,41,43)/t30-/m0/s1. The van der Waals surface area contributed by atoms with Crippen LogP contribution in [0.1, 0.15) is 82.1 Å². The first kappa shape index (κ1) is 31.9.